The highest BCUT2D eigenvalue weighted by Gasteiger charge is 2.28. The third-order valence-electron chi connectivity index (χ3n) is 2.77. The lowest BCUT2D eigenvalue weighted by molar-refractivity contribution is -0.384. The van der Waals surface area contributed by atoms with E-state index in [0.717, 1.165) is 20.3 Å². The van der Waals surface area contributed by atoms with Gasteiger partial charge in [-0.2, -0.15) is 0 Å². The van der Waals surface area contributed by atoms with Crippen molar-refractivity contribution in [3.63, 3.8) is 0 Å². The third-order valence-corrected chi connectivity index (χ3v) is 3.57. The van der Waals surface area contributed by atoms with E-state index in [1.165, 1.54) is 12.8 Å². The van der Waals surface area contributed by atoms with Crippen molar-refractivity contribution in [2.45, 2.75) is 18.8 Å². The molecule has 0 N–H and O–H groups in total. The van der Waals surface area contributed by atoms with Crippen LogP contribution in [0.3, 0.4) is 0 Å². The summed E-state index contributed by atoms with van der Waals surface area (Å²) in [6.07, 6.45) is 2.33. The van der Waals surface area contributed by atoms with Gasteiger partial charge in [-0.15, -0.1) is 0 Å². The van der Waals surface area contributed by atoms with Gasteiger partial charge < -0.3 is 4.42 Å². The molecule has 1 aromatic heterocycles. The Kier molecular flexibility index (Phi) is 2.17. The van der Waals surface area contributed by atoms with Crippen LogP contribution in [0.5, 0.6) is 0 Å². The molecule has 0 unspecified atom stereocenters. The first-order valence-corrected chi connectivity index (χ1v) is 6.10. The molecule has 3 rings (SSSR count). The molecule has 0 radical (unpaired) electrons. The monoisotopic (exact) mass is 329 g/mol. The van der Waals surface area contributed by atoms with Crippen LogP contribution in [0.1, 0.15) is 24.5 Å². The van der Waals surface area contributed by atoms with Gasteiger partial charge in [0.25, 0.3) is 5.69 Å². The van der Waals surface area contributed by atoms with Crippen molar-refractivity contribution in [3.8, 4) is 0 Å². The number of halogens is 1. The summed E-state index contributed by atoms with van der Waals surface area (Å²) in [6, 6.07) is 5.05. The largest absolute Gasteiger partial charge is 0.460 e. The van der Waals surface area contributed by atoms with Gasteiger partial charge in [-0.25, -0.2) is 0 Å². The van der Waals surface area contributed by atoms with Gasteiger partial charge in [-0.3, -0.25) is 10.1 Å². The SMILES string of the molecule is O=[N+]([O-])c1cc(I)c2oc(C3CC3)cc2c1. The summed E-state index contributed by atoms with van der Waals surface area (Å²) in [7, 11) is 0. The number of fused-ring (bicyclic) bond motifs is 1. The van der Waals surface area contributed by atoms with Crippen LogP contribution in [0.4, 0.5) is 5.69 Å². The molecule has 0 atom stereocenters. The fourth-order valence-electron chi connectivity index (χ4n) is 1.79. The van der Waals surface area contributed by atoms with Crippen LogP contribution in [0.25, 0.3) is 11.0 Å². The molecule has 1 aromatic carbocycles. The predicted octanol–water partition coefficient (Wildman–Crippen LogP) is 3.82. The van der Waals surface area contributed by atoms with Gasteiger partial charge in [0.1, 0.15) is 11.3 Å². The minimum absolute atomic E-state index is 0.125. The Balaban J connectivity index is 2.21. The van der Waals surface area contributed by atoms with E-state index in [4.69, 9.17) is 4.42 Å². The molecule has 5 heteroatoms. The molecule has 0 amide bonds. The predicted molar refractivity (Wildman–Crippen MR) is 67.6 cm³/mol. The number of nitro groups is 1. The van der Waals surface area contributed by atoms with Crippen molar-refractivity contribution >= 4 is 39.2 Å². The molecule has 82 valence electrons. The average molecular weight is 329 g/mol. The first kappa shape index (κ1) is 10.1. The Bertz CT molecular complexity index is 586. The van der Waals surface area contributed by atoms with E-state index in [2.05, 4.69) is 22.6 Å². The summed E-state index contributed by atoms with van der Waals surface area (Å²) >= 11 is 2.08. The summed E-state index contributed by atoms with van der Waals surface area (Å²) in [4.78, 5) is 10.4. The van der Waals surface area contributed by atoms with Crippen LogP contribution in [-0.4, -0.2) is 4.92 Å². The average Bonchev–Trinajstić information content (AvgIpc) is 2.98. The lowest BCUT2D eigenvalue weighted by Crippen LogP contribution is -1.88. The number of nitro benzene ring substituents is 1. The highest BCUT2D eigenvalue weighted by Crippen LogP contribution is 2.43. The second-order valence-corrected chi connectivity index (χ2v) is 5.19. The summed E-state index contributed by atoms with van der Waals surface area (Å²) in [6.45, 7) is 0. The molecule has 1 aliphatic rings. The lowest BCUT2D eigenvalue weighted by atomic mass is 10.2. The quantitative estimate of drug-likeness (QED) is 0.478. The standard InChI is InChI=1S/C11H8INO3/c12-9-5-8(13(14)15)3-7-4-10(6-1-2-6)16-11(7)9/h3-6H,1-2H2. The Morgan fingerprint density at radius 3 is 2.75 bits per heavy atom. The zero-order valence-corrected chi connectivity index (χ0v) is 10.4. The highest BCUT2D eigenvalue weighted by atomic mass is 127. The minimum Gasteiger partial charge on any atom is -0.460 e. The number of furan rings is 1. The summed E-state index contributed by atoms with van der Waals surface area (Å²) in [5.41, 5.74) is 0.896. The van der Waals surface area contributed by atoms with E-state index in [-0.39, 0.29) is 10.6 Å². The Morgan fingerprint density at radius 1 is 1.38 bits per heavy atom. The van der Waals surface area contributed by atoms with E-state index >= 15 is 0 Å². The molecular formula is C11H8INO3. The van der Waals surface area contributed by atoms with Gasteiger partial charge in [0.05, 0.1) is 8.49 Å². The molecule has 0 spiro atoms. The molecule has 2 aromatic rings. The highest BCUT2D eigenvalue weighted by molar-refractivity contribution is 14.1. The summed E-state index contributed by atoms with van der Waals surface area (Å²) in [5, 5.41) is 11.6. The summed E-state index contributed by atoms with van der Waals surface area (Å²) < 4.78 is 6.53. The van der Waals surface area contributed by atoms with E-state index in [1.807, 2.05) is 6.07 Å². The van der Waals surface area contributed by atoms with Gasteiger partial charge in [-0.05, 0) is 41.5 Å². The normalized spacial score (nSPS) is 15.6. The van der Waals surface area contributed by atoms with Crippen molar-refractivity contribution < 1.29 is 9.34 Å². The molecule has 0 bridgehead atoms. The maximum atomic E-state index is 10.7. The number of nitrogens with zero attached hydrogens (tertiary/aromatic N) is 1. The van der Waals surface area contributed by atoms with Gasteiger partial charge in [0.2, 0.25) is 0 Å². The molecule has 16 heavy (non-hydrogen) atoms. The molecular weight excluding hydrogens is 321 g/mol. The Hall–Kier alpha value is -1.11. The molecule has 1 aliphatic carbocycles. The van der Waals surface area contributed by atoms with Crippen LogP contribution in [0.15, 0.2) is 22.6 Å². The number of non-ortho nitro benzene ring substituents is 1. The first-order chi connectivity index (χ1) is 7.65. The number of hydrogen-bond acceptors (Lipinski definition) is 3. The van der Waals surface area contributed by atoms with Gasteiger partial charge in [0.15, 0.2) is 0 Å². The molecule has 1 heterocycles. The number of benzene rings is 1. The van der Waals surface area contributed by atoms with Crippen molar-refractivity contribution in [3.05, 3.63) is 37.6 Å². The van der Waals surface area contributed by atoms with Crippen molar-refractivity contribution in [2.24, 2.45) is 0 Å². The van der Waals surface area contributed by atoms with Crippen LogP contribution < -0.4 is 0 Å². The molecule has 0 saturated heterocycles. The third kappa shape index (κ3) is 1.59. The number of rotatable bonds is 2. The van der Waals surface area contributed by atoms with Gasteiger partial charge >= 0.3 is 0 Å². The summed E-state index contributed by atoms with van der Waals surface area (Å²) in [5.74, 6) is 1.50. The van der Waals surface area contributed by atoms with Crippen molar-refractivity contribution in [2.75, 3.05) is 0 Å². The van der Waals surface area contributed by atoms with Crippen LogP contribution >= 0.6 is 22.6 Å². The van der Waals surface area contributed by atoms with Crippen LogP contribution in [0.2, 0.25) is 0 Å². The van der Waals surface area contributed by atoms with Crippen molar-refractivity contribution in [1.82, 2.24) is 0 Å². The van der Waals surface area contributed by atoms with Gasteiger partial charge in [-0.1, -0.05) is 0 Å². The maximum absolute atomic E-state index is 10.7. The molecule has 1 fully saturated rings. The molecule has 1 saturated carbocycles. The fourth-order valence-corrected chi connectivity index (χ4v) is 2.53. The van der Waals surface area contributed by atoms with E-state index in [0.29, 0.717) is 5.92 Å². The van der Waals surface area contributed by atoms with Gasteiger partial charge in [0, 0.05) is 23.4 Å². The maximum Gasteiger partial charge on any atom is 0.271 e. The second-order valence-electron chi connectivity index (χ2n) is 4.03. The fraction of sp³-hybridized carbons (Fsp3) is 0.273. The Morgan fingerprint density at radius 2 is 2.12 bits per heavy atom. The zero-order valence-electron chi connectivity index (χ0n) is 8.27. The van der Waals surface area contributed by atoms with Crippen LogP contribution in [-0.2, 0) is 0 Å². The topological polar surface area (TPSA) is 56.3 Å². The minimum atomic E-state index is -0.370. The van der Waals surface area contributed by atoms with E-state index < -0.39 is 0 Å². The first-order valence-electron chi connectivity index (χ1n) is 5.02. The smallest absolute Gasteiger partial charge is 0.271 e. The number of hydrogen-bond donors (Lipinski definition) is 0. The Labute approximate surface area is 105 Å². The van der Waals surface area contributed by atoms with Crippen molar-refractivity contribution in [1.29, 1.82) is 0 Å². The zero-order chi connectivity index (χ0) is 11.3. The lowest BCUT2D eigenvalue weighted by Gasteiger charge is -1.94. The second kappa shape index (κ2) is 3.44. The van der Waals surface area contributed by atoms with Crippen LogP contribution in [0, 0.1) is 13.7 Å². The van der Waals surface area contributed by atoms with E-state index in [1.54, 1.807) is 12.1 Å². The molecule has 0 aliphatic heterocycles. The molecule has 4 nitrogen and oxygen atoms in total. The van der Waals surface area contributed by atoms with E-state index in [9.17, 15) is 10.1 Å².